The fourth-order valence-corrected chi connectivity index (χ4v) is 3.36. The second-order valence-corrected chi connectivity index (χ2v) is 7.72. The SMILES string of the molecule is CC(=O)Nc1ccn(-c2nc(Nc3ccc(F)c(Cl)c3)ncc2-c2cccc(/C=C/C(=O)O)c2)n1. The molecule has 35 heavy (non-hydrogen) atoms. The van der Waals surface area contributed by atoms with Gasteiger partial charge in [0.25, 0.3) is 0 Å². The van der Waals surface area contributed by atoms with Crippen LogP contribution in [0.3, 0.4) is 0 Å². The first-order valence-electron chi connectivity index (χ1n) is 10.2. The van der Waals surface area contributed by atoms with Gasteiger partial charge >= 0.3 is 5.97 Å². The first-order chi connectivity index (χ1) is 16.8. The van der Waals surface area contributed by atoms with Crippen molar-refractivity contribution in [3.05, 3.63) is 83.4 Å². The Morgan fingerprint density at radius 2 is 2.00 bits per heavy atom. The number of anilines is 3. The highest BCUT2D eigenvalue weighted by molar-refractivity contribution is 6.31. The van der Waals surface area contributed by atoms with Crippen LogP contribution < -0.4 is 10.6 Å². The summed E-state index contributed by atoms with van der Waals surface area (Å²) in [6.45, 7) is 1.38. The molecular weight excluding hydrogens is 475 g/mol. The Morgan fingerprint density at radius 1 is 1.17 bits per heavy atom. The summed E-state index contributed by atoms with van der Waals surface area (Å²) in [5.41, 5.74) is 2.45. The zero-order valence-electron chi connectivity index (χ0n) is 18.2. The van der Waals surface area contributed by atoms with E-state index in [9.17, 15) is 14.0 Å². The standard InChI is InChI=1S/C24H18ClFN6O3/c1-14(33)28-21-9-10-32(31-21)23-18(16-4-2-3-15(11-16)5-8-22(34)35)13-27-24(30-23)29-17-6-7-20(26)19(25)12-17/h2-13H,1H3,(H,34,35)(H,27,29,30)(H,28,31,33)/b8-5+. The number of hydrogen-bond acceptors (Lipinski definition) is 6. The lowest BCUT2D eigenvalue weighted by Crippen LogP contribution is -2.09. The Bertz CT molecular complexity index is 1450. The van der Waals surface area contributed by atoms with E-state index in [-0.39, 0.29) is 16.9 Å². The van der Waals surface area contributed by atoms with Crippen LogP contribution in [0.4, 0.5) is 21.8 Å². The van der Waals surface area contributed by atoms with E-state index in [1.807, 2.05) is 6.07 Å². The first kappa shape index (κ1) is 23.6. The van der Waals surface area contributed by atoms with Gasteiger partial charge in [-0.3, -0.25) is 4.79 Å². The van der Waals surface area contributed by atoms with Crippen LogP contribution in [0.2, 0.25) is 5.02 Å². The fourth-order valence-electron chi connectivity index (χ4n) is 3.18. The third-order valence-corrected chi connectivity index (χ3v) is 4.96. The number of halogens is 2. The van der Waals surface area contributed by atoms with E-state index in [1.54, 1.807) is 36.7 Å². The van der Waals surface area contributed by atoms with E-state index in [1.165, 1.54) is 35.9 Å². The van der Waals surface area contributed by atoms with Gasteiger partial charge in [0.2, 0.25) is 11.9 Å². The van der Waals surface area contributed by atoms with E-state index in [2.05, 4.69) is 25.7 Å². The number of carboxylic acid groups (broad SMARTS) is 1. The van der Waals surface area contributed by atoms with E-state index in [4.69, 9.17) is 16.7 Å². The van der Waals surface area contributed by atoms with E-state index < -0.39 is 11.8 Å². The molecule has 0 fully saturated rings. The molecule has 4 aromatic rings. The summed E-state index contributed by atoms with van der Waals surface area (Å²) >= 11 is 5.87. The zero-order valence-corrected chi connectivity index (χ0v) is 19.0. The van der Waals surface area contributed by atoms with Crippen molar-refractivity contribution < 1.29 is 19.1 Å². The molecule has 9 nitrogen and oxygen atoms in total. The highest BCUT2D eigenvalue weighted by Crippen LogP contribution is 2.28. The quantitative estimate of drug-likeness (QED) is 0.313. The van der Waals surface area contributed by atoms with Crippen LogP contribution >= 0.6 is 11.6 Å². The van der Waals surface area contributed by atoms with Gasteiger partial charge in [0.05, 0.1) is 5.02 Å². The Balaban J connectivity index is 1.77. The molecule has 0 saturated heterocycles. The van der Waals surface area contributed by atoms with Gasteiger partial charge in [0.1, 0.15) is 5.82 Å². The fraction of sp³-hybridized carbons (Fsp3) is 0.0417. The van der Waals surface area contributed by atoms with Crippen LogP contribution in [0, 0.1) is 5.82 Å². The summed E-state index contributed by atoms with van der Waals surface area (Å²) in [4.78, 5) is 31.3. The topological polar surface area (TPSA) is 122 Å². The molecule has 0 aliphatic heterocycles. The van der Waals surface area contributed by atoms with Crippen molar-refractivity contribution in [2.24, 2.45) is 0 Å². The molecule has 0 spiro atoms. The number of aromatic nitrogens is 4. The maximum Gasteiger partial charge on any atom is 0.328 e. The molecule has 0 saturated carbocycles. The molecule has 2 heterocycles. The second-order valence-electron chi connectivity index (χ2n) is 7.31. The number of hydrogen-bond donors (Lipinski definition) is 3. The average Bonchev–Trinajstić information content (AvgIpc) is 3.28. The molecule has 2 aromatic heterocycles. The Labute approximate surface area is 203 Å². The Kier molecular flexibility index (Phi) is 6.83. The van der Waals surface area contributed by atoms with E-state index in [0.29, 0.717) is 34.0 Å². The van der Waals surface area contributed by atoms with Gasteiger partial charge in [0.15, 0.2) is 11.6 Å². The van der Waals surface area contributed by atoms with Crippen LogP contribution in [0.5, 0.6) is 0 Å². The van der Waals surface area contributed by atoms with Gasteiger partial charge in [-0.15, -0.1) is 5.10 Å². The number of nitrogens with zero attached hydrogens (tertiary/aromatic N) is 4. The van der Waals surface area contributed by atoms with Gasteiger partial charge in [0, 0.05) is 42.7 Å². The van der Waals surface area contributed by atoms with Crippen molar-refractivity contribution in [2.45, 2.75) is 6.92 Å². The third kappa shape index (κ3) is 5.87. The number of amides is 1. The molecule has 176 valence electrons. The highest BCUT2D eigenvalue weighted by atomic mass is 35.5. The summed E-state index contributed by atoms with van der Waals surface area (Å²) < 4.78 is 15.0. The second kappa shape index (κ2) is 10.1. The molecule has 0 atom stereocenters. The van der Waals surface area contributed by atoms with Gasteiger partial charge in [-0.25, -0.2) is 18.9 Å². The van der Waals surface area contributed by atoms with Crippen LogP contribution in [-0.4, -0.2) is 36.7 Å². The number of carbonyl (C=O) groups excluding carboxylic acids is 1. The number of carbonyl (C=O) groups is 2. The first-order valence-corrected chi connectivity index (χ1v) is 10.6. The predicted octanol–water partition coefficient (Wildman–Crippen LogP) is 4.92. The zero-order chi connectivity index (χ0) is 24.9. The monoisotopic (exact) mass is 492 g/mol. The van der Waals surface area contributed by atoms with Gasteiger partial charge in [-0.1, -0.05) is 29.8 Å². The van der Waals surface area contributed by atoms with E-state index >= 15 is 0 Å². The molecule has 2 aromatic carbocycles. The normalized spacial score (nSPS) is 10.9. The van der Waals surface area contributed by atoms with Crippen molar-refractivity contribution >= 4 is 47.0 Å². The summed E-state index contributed by atoms with van der Waals surface area (Å²) in [5, 5.41) is 18.8. The predicted molar refractivity (Wildman–Crippen MR) is 130 cm³/mol. The molecule has 11 heteroatoms. The van der Waals surface area contributed by atoms with Crippen LogP contribution in [0.15, 0.2) is 67.0 Å². The lowest BCUT2D eigenvalue weighted by Gasteiger charge is -2.12. The van der Waals surface area contributed by atoms with Crippen LogP contribution in [0.25, 0.3) is 23.0 Å². The van der Waals surface area contributed by atoms with Crippen LogP contribution in [-0.2, 0) is 9.59 Å². The molecule has 3 N–H and O–H groups in total. The lowest BCUT2D eigenvalue weighted by molar-refractivity contribution is -0.131. The van der Waals surface area contributed by atoms with Crippen molar-refractivity contribution in [3.63, 3.8) is 0 Å². The molecule has 4 rings (SSSR count). The van der Waals surface area contributed by atoms with Gasteiger partial charge in [-0.2, -0.15) is 4.98 Å². The maximum absolute atomic E-state index is 13.5. The largest absolute Gasteiger partial charge is 0.478 e. The van der Waals surface area contributed by atoms with Gasteiger partial charge in [-0.05, 0) is 41.5 Å². The smallest absolute Gasteiger partial charge is 0.328 e. The number of aliphatic carboxylic acids is 1. The highest BCUT2D eigenvalue weighted by Gasteiger charge is 2.14. The minimum Gasteiger partial charge on any atom is -0.478 e. The number of nitrogens with one attached hydrogen (secondary N) is 2. The molecular formula is C24H18ClFN6O3. The molecule has 0 aliphatic rings. The molecule has 0 radical (unpaired) electrons. The number of rotatable bonds is 7. The number of carboxylic acids is 1. The van der Waals surface area contributed by atoms with Crippen molar-refractivity contribution in [2.75, 3.05) is 10.6 Å². The summed E-state index contributed by atoms with van der Waals surface area (Å²) in [6, 6.07) is 12.9. The average molecular weight is 493 g/mol. The van der Waals surface area contributed by atoms with Gasteiger partial charge < -0.3 is 15.7 Å². The minimum absolute atomic E-state index is 0.0508. The molecule has 0 aliphatic carbocycles. The van der Waals surface area contributed by atoms with Crippen molar-refractivity contribution in [1.29, 1.82) is 0 Å². The summed E-state index contributed by atoms with van der Waals surface area (Å²) in [6.07, 6.45) is 5.73. The van der Waals surface area contributed by atoms with Crippen molar-refractivity contribution in [1.82, 2.24) is 19.7 Å². The summed E-state index contributed by atoms with van der Waals surface area (Å²) in [7, 11) is 0. The molecule has 1 amide bonds. The summed E-state index contributed by atoms with van der Waals surface area (Å²) in [5.74, 6) is -0.964. The lowest BCUT2D eigenvalue weighted by atomic mass is 10.0. The van der Waals surface area contributed by atoms with Crippen LogP contribution in [0.1, 0.15) is 12.5 Å². The third-order valence-electron chi connectivity index (χ3n) is 4.67. The molecule has 0 bridgehead atoms. The maximum atomic E-state index is 13.5. The molecule has 0 unspecified atom stereocenters. The minimum atomic E-state index is -1.06. The van der Waals surface area contributed by atoms with E-state index in [0.717, 1.165) is 6.08 Å². The Morgan fingerprint density at radius 3 is 2.74 bits per heavy atom. The Hall–Kier alpha value is -4.57. The van der Waals surface area contributed by atoms with Crippen molar-refractivity contribution in [3.8, 4) is 16.9 Å². The number of benzene rings is 2.